The summed E-state index contributed by atoms with van der Waals surface area (Å²) in [7, 11) is -4.27. The van der Waals surface area contributed by atoms with Gasteiger partial charge in [-0.2, -0.15) is 5.26 Å². The van der Waals surface area contributed by atoms with Crippen LogP contribution >= 0.6 is 0 Å². The van der Waals surface area contributed by atoms with Crippen LogP contribution in [0.4, 0.5) is 0 Å². The Morgan fingerprint density at radius 1 is 1.39 bits per heavy atom. The number of aryl methyl sites for hydroxylation is 1. The highest BCUT2D eigenvalue weighted by Gasteiger charge is 2.10. The van der Waals surface area contributed by atoms with Crippen molar-refractivity contribution in [2.24, 2.45) is 0 Å². The molecule has 0 bridgehead atoms. The third kappa shape index (κ3) is 2.80. The molecule has 7 heteroatoms. The smallest absolute Gasteiger partial charge is 0.196 e. The molecule has 18 heavy (non-hydrogen) atoms. The summed E-state index contributed by atoms with van der Waals surface area (Å²) in [6.07, 6.45) is 1.58. The predicted molar refractivity (Wildman–Crippen MR) is 61.2 cm³/mol. The highest BCUT2D eigenvalue weighted by molar-refractivity contribution is 7.85. The Kier molecular flexibility index (Phi) is 3.23. The van der Waals surface area contributed by atoms with E-state index in [1.807, 2.05) is 6.07 Å². The molecular weight excluding hydrogens is 254 g/mol. The van der Waals surface area contributed by atoms with Crippen molar-refractivity contribution in [1.82, 2.24) is 5.10 Å². The Hall–Kier alpha value is -2.04. The van der Waals surface area contributed by atoms with Crippen LogP contribution < -0.4 is 4.68 Å². The van der Waals surface area contributed by atoms with E-state index in [-0.39, 0.29) is 6.54 Å². The van der Waals surface area contributed by atoms with Crippen LogP contribution in [0.1, 0.15) is 5.56 Å². The van der Waals surface area contributed by atoms with Gasteiger partial charge in [0, 0.05) is 16.6 Å². The summed E-state index contributed by atoms with van der Waals surface area (Å²) >= 11 is 0. The third-order valence-electron chi connectivity index (χ3n) is 2.41. The van der Waals surface area contributed by atoms with Crippen LogP contribution in [0.3, 0.4) is 0 Å². The van der Waals surface area contributed by atoms with E-state index in [2.05, 4.69) is 5.10 Å². The van der Waals surface area contributed by atoms with E-state index in [0.717, 1.165) is 5.39 Å². The molecule has 1 aromatic heterocycles. The molecule has 0 aliphatic heterocycles. The van der Waals surface area contributed by atoms with E-state index < -0.39 is 15.9 Å². The van der Waals surface area contributed by atoms with Gasteiger partial charge in [-0.15, -0.1) is 0 Å². The van der Waals surface area contributed by atoms with Crippen molar-refractivity contribution >= 4 is 21.0 Å². The Morgan fingerprint density at radius 3 is 2.83 bits per heavy atom. The lowest BCUT2D eigenvalue weighted by atomic mass is 10.1. The van der Waals surface area contributed by atoms with Gasteiger partial charge in [-0.05, 0) is 6.07 Å². The van der Waals surface area contributed by atoms with Crippen LogP contribution in [0.15, 0.2) is 30.5 Å². The van der Waals surface area contributed by atoms with Gasteiger partial charge >= 0.3 is 0 Å². The van der Waals surface area contributed by atoms with Gasteiger partial charge in [-0.1, -0.05) is 16.8 Å². The van der Waals surface area contributed by atoms with Crippen molar-refractivity contribution in [3.8, 4) is 6.07 Å². The summed E-state index contributed by atoms with van der Waals surface area (Å²) in [4.78, 5) is 0. The standard InChI is InChI=1S/C11H9N3O3S/c12-8-10-3-1-2-9-4-5-14(13-11(9)10)6-7-18(15,16)17/h1-5H,6-7H2. The Bertz CT molecular complexity index is 735. The molecule has 1 aromatic carbocycles. The minimum Gasteiger partial charge on any atom is -0.748 e. The fraction of sp³-hybridized carbons (Fsp3) is 0.182. The minimum atomic E-state index is -4.27. The third-order valence-corrected chi connectivity index (χ3v) is 3.10. The van der Waals surface area contributed by atoms with Crippen molar-refractivity contribution in [2.75, 3.05) is 5.75 Å². The van der Waals surface area contributed by atoms with Gasteiger partial charge in [0.15, 0.2) is 18.3 Å². The SMILES string of the molecule is N#Cc1cccc2cc[n+](CCS(=O)(=O)[O-])nc12. The molecule has 0 aliphatic carbocycles. The van der Waals surface area contributed by atoms with Gasteiger partial charge < -0.3 is 4.55 Å². The molecule has 0 amide bonds. The summed E-state index contributed by atoms with van der Waals surface area (Å²) in [6, 6.07) is 8.91. The fourth-order valence-corrected chi connectivity index (χ4v) is 1.97. The van der Waals surface area contributed by atoms with Gasteiger partial charge in [0.25, 0.3) is 0 Å². The second-order valence-electron chi connectivity index (χ2n) is 3.70. The van der Waals surface area contributed by atoms with Gasteiger partial charge in [-0.25, -0.2) is 8.42 Å². The van der Waals surface area contributed by atoms with Crippen LogP contribution in [0.2, 0.25) is 0 Å². The highest BCUT2D eigenvalue weighted by Crippen LogP contribution is 2.13. The molecule has 92 valence electrons. The van der Waals surface area contributed by atoms with Crippen LogP contribution in [0.25, 0.3) is 10.9 Å². The summed E-state index contributed by atoms with van der Waals surface area (Å²) in [6.45, 7) is -0.0263. The molecule has 0 saturated carbocycles. The van der Waals surface area contributed by atoms with Crippen molar-refractivity contribution in [3.05, 3.63) is 36.0 Å². The summed E-state index contributed by atoms with van der Waals surface area (Å²) in [5, 5.41) is 13.9. The van der Waals surface area contributed by atoms with E-state index in [4.69, 9.17) is 5.26 Å². The van der Waals surface area contributed by atoms with Gasteiger partial charge in [0.05, 0.1) is 11.3 Å². The summed E-state index contributed by atoms with van der Waals surface area (Å²) < 4.78 is 33.0. The normalized spacial score (nSPS) is 11.3. The topological polar surface area (TPSA) is 97.8 Å². The summed E-state index contributed by atoms with van der Waals surface area (Å²) in [5.41, 5.74) is 0.901. The van der Waals surface area contributed by atoms with E-state index in [0.29, 0.717) is 11.1 Å². The largest absolute Gasteiger partial charge is 0.748 e. The minimum absolute atomic E-state index is 0.0263. The second-order valence-corrected chi connectivity index (χ2v) is 5.22. The highest BCUT2D eigenvalue weighted by atomic mass is 32.2. The number of hydrogen-bond acceptors (Lipinski definition) is 5. The number of rotatable bonds is 3. The van der Waals surface area contributed by atoms with E-state index in [1.165, 1.54) is 4.68 Å². The quantitative estimate of drug-likeness (QED) is 0.570. The molecular formula is C11H9N3O3S. The molecule has 0 unspecified atom stereocenters. The maximum absolute atomic E-state index is 10.5. The maximum Gasteiger partial charge on any atom is 0.196 e. The average Bonchev–Trinajstić information content (AvgIpc) is 2.34. The number of benzene rings is 1. The summed E-state index contributed by atoms with van der Waals surface area (Å²) in [5.74, 6) is -0.523. The first-order valence-corrected chi connectivity index (χ1v) is 6.70. The zero-order valence-electron chi connectivity index (χ0n) is 9.28. The van der Waals surface area contributed by atoms with Gasteiger partial charge in [-0.3, -0.25) is 0 Å². The monoisotopic (exact) mass is 263 g/mol. The zero-order chi connectivity index (χ0) is 13.2. The van der Waals surface area contributed by atoms with Crippen molar-refractivity contribution < 1.29 is 17.7 Å². The van der Waals surface area contributed by atoms with Gasteiger partial charge in [0.1, 0.15) is 16.2 Å². The number of hydrogen-bond donors (Lipinski definition) is 0. The molecule has 0 spiro atoms. The van der Waals surface area contributed by atoms with Crippen molar-refractivity contribution in [2.45, 2.75) is 6.54 Å². The number of fused-ring (bicyclic) bond motifs is 1. The maximum atomic E-state index is 10.5. The van der Waals surface area contributed by atoms with E-state index >= 15 is 0 Å². The van der Waals surface area contributed by atoms with Crippen molar-refractivity contribution in [3.63, 3.8) is 0 Å². The molecule has 0 fully saturated rings. The molecule has 0 saturated heterocycles. The Labute approximate surface area is 104 Å². The molecule has 0 atom stereocenters. The lowest BCUT2D eigenvalue weighted by molar-refractivity contribution is -0.747. The fourth-order valence-electron chi connectivity index (χ4n) is 1.56. The van der Waals surface area contributed by atoms with Crippen LogP contribution in [0, 0.1) is 11.3 Å². The Morgan fingerprint density at radius 2 is 2.17 bits per heavy atom. The van der Waals surface area contributed by atoms with Gasteiger partial charge in [0.2, 0.25) is 0 Å². The second kappa shape index (κ2) is 4.68. The molecule has 6 nitrogen and oxygen atoms in total. The number of nitrogens with zero attached hydrogens (tertiary/aromatic N) is 3. The Balaban J connectivity index is 2.41. The first kappa shape index (κ1) is 12.4. The molecule has 0 radical (unpaired) electrons. The predicted octanol–water partition coefficient (Wildman–Crippen LogP) is -0.0608. The molecule has 0 aliphatic rings. The first-order valence-electron chi connectivity index (χ1n) is 5.13. The lowest BCUT2D eigenvalue weighted by Gasteiger charge is -2.03. The number of nitriles is 1. The average molecular weight is 263 g/mol. The lowest BCUT2D eigenvalue weighted by Crippen LogP contribution is -2.40. The molecule has 2 aromatic rings. The molecule has 1 heterocycles. The van der Waals surface area contributed by atoms with E-state index in [1.54, 1.807) is 30.5 Å². The van der Waals surface area contributed by atoms with Crippen LogP contribution in [-0.4, -0.2) is 23.8 Å². The first-order chi connectivity index (χ1) is 8.49. The van der Waals surface area contributed by atoms with Crippen LogP contribution in [-0.2, 0) is 16.7 Å². The molecule has 2 rings (SSSR count). The van der Waals surface area contributed by atoms with E-state index in [9.17, 15) is 13.0 Å². The van der Waals surface area contributed by atoms with Crippen LogP contribution in [0.5, 0.6) is 0 Å². The van der Waals surface area contributed by atoms with Crippen molar-refractivity contribution in [1.29, 1.82) is 5.26 Å². The number of aromatic nitrogens is 2. The zero-order valence-corrected chi connectivity index (χ0v) is 10.1. The molecule has 0 N–H and O–H groups in total.